The van der Waals surface area contributed by atoms with Gasteiger partial charge in [0.1, 0.15) is 22.5 Å². The van der Waals surface area contributed by atoms with Crippen LogP contribution in [0.15, 0.2) is 23.1 Å². The summed E-state index contributed by atoms with van der Waals surface area (Å²) in [6, 6.07) is 5.55. The smallest absolute Gasteiger partial charge is 0.140 e. The third kappa shape index (κ3) is 7.37. The van der Waals surface area contributed by atoms with Crippen LogP contribution in [-0.4, -0.2) is 35.8 Å². The first-order chi connectivity index (χ1) is 12.1. The van der Waals surface area contributed by atoms with Gasteiger partial charge in [0.15, 0.2) is 0 Å². The lowest BCUT2D eigenvalue weighted by atomic mass is 10.0. The summed E-state index contributed by atoms with van der Waals surface area (Å²) < 4.78 is 26.0. The van der Waals surface area contributed by atoms with E-state index in [4.69, 9.17) is 9.47 Å². The molecule has 1 aliphatic heterocycles. The molecule has 25 heavy (non-hydrogen) atoms. The van der Waals surface area contributed by atoms with Gasteiger partial charge >= 0.3 is 0 Å². The summed E-state index contributed by atoms with van der Waals surface area (Å²) in [6.07, 6.45) is 7.24. The van der Waals surface area contributed by atoms with Crippen LogP contribution in [0.3, 0.4) is 0 Å². The number of hydrogen-bond acceptors (Lipinski definition) is 3. The van der Waals surface area contributed by atoms with E-state index in [9.17, 15) is 4.21 Å². The molecule has 2 atom stereocenters. The van der Waals surface area contributed by atoms with Crippen molar-refractivity contribution in [3.05, 3.63) is 18.2 Å². The SMILES string of the molecule is CC.COc1ccc2c(c1)OCCCCCCC[C@H](C)CN(C)S2=O. The van der Waals surface area contributed by atoms with E-state index < -0.39 is 11.0 Å². The standard InChI is InChI=1S/C18H29NO3S.C2H6/c1-15-9-7-5-4-6-8-12-22-17-13-16(21-3)10-11-18(17)23(20)19(2)14-15;1-2/h10-11,13,15H,4-9,12,14H2,1-3H3;1-2H3/t15-,23?;/m0./s1. The van der Waals surface area contributed by atoms with Crippen molar-refractivity contribution in [2.75, 3.05) is 27.3 Å². The molecule has 0 aliphatic carbocycles. The van der Waals surface area contributed by atoms with Gasteiger partial charge in [-0.25, -0.2) is 8.51 Å². The molecule has 0 saturated heterocycles. The Morgan fingerprint density at radius 3 is 2.56 bits per heavy atom. The predicted octanol–water partition coefficient (Wildman–Crippen LogP) is 5.04. The summed E-state index contributed by atoms with van der Waals surface area (Å²) in [6.45, 7) is 7.74. The van der Waals surface area contributed by atoms with E-state index in [1.807, 2.05) is 43.4 Å². The Hall–Kier alpha value is -1.07. The minimum absolute atomic E-state index is 0.550. The third-order valence-electron chi connectivity index (χ3n) is 4.29. The lowest BCUT2D eigenvalue weighted by Gasteiger charge is -2.22. The van der Waals surface area contributed by atoms with E-state index in [0.717, 1.165) is 23.6 Å². The maximum atomic E-state index is 12.9. The molecule has 1 aromatic carbocycles. The number of methoxy groups -OCH3 is 1. The Kier molecular flexibility index (Phi) is 10.8. The second-order valence-electron chi connectivity index (χ2n) is 6.38. The highest BCUT2D eigenvalue weighted by Crippen LogP contribution is 2.29. The second-order valence-corrected chi connectivity index (χ2v) is 7.94. The molecule has 0 amide bonds. The Balaban J connectivity index is 0.00000151. The van der Waals surface area contributed by atoms with Gasteiger partial charge < -0.3 is 9.47 Å². The van der Waals surface area contributed by atoms with Crippen molar-refractivity contribution in [3.8, 4) is 11.5 Å². The molecule has 4 nitrogen and oxygen atoms in total. The number of ether oxygens (including phenoxy) is 2. The molecule has 0 bridgehead atoms. The summed E-state index contributed by atoms with van der Waals surface area (Å²) in [5.74, 6) is 1.96. The first-order valence-electron chi connectivity index (χ1n) is 9.55. The molecule has 1 heterocycles. The van der Waals surface area contributed by atoms with E-state index in [2.05, 4.69) is 6.92 Å². The monoisotopic (exact) mass is 369 g/mol. The normalized spacial score (nSPS) is 23.2. The molecule has 0 radical (unpaired) electrons. The third-order valence-corrected chi connectivity index (χ3v) is 5.72. The molecule has 1 unspecified atom stereocenters. The quantitative estimate of drug-likeness (QED) is 0.696. The molecule has 144 valence electrons. The van der Waals surface area contributed by atoms with Crippen molar-refractivity contribution in [2.45, 2.75) is 64.2 Å². The van der Waals surface area contributed by atoms with Gasteiger partial charge in [-0.3, -0.25) is 0 Å². The molecule has 1 aliphatic rings. The van der Waals surface area contributed by atoms with Gasteiger partial charge in [-0.2, -0.15) is 0 Å². The Morgan fingerprint density at radius 1 is 1.16 bits per heavy atom. The molecule has 0 fully saturated rings. The van der Waals surface area contributed by atoms with Crippen molar-refractivity contribution < 1.29 is 13.7 Å². The van der Waals surface area contributed by atoms with E-state index >= 15 is 0 Å². The van der Waals surface area contributed by atoms with Gasteiger partial charge in [0.05, 0.1) is 18.6 Å². The van der Waals surface area contributed by atoms with Crippen LogP contribution in [0, 0.1) is 5.92 Å². The minimum Gasteiger partial charge on any atom is -0.497 e. The van der Waals surface area contributed by atoms with Gasteiger partial charge in [-0.05, 0) is 30.9 Å². The van der Waals surface area contributed by atoms with Crippen molar-refractivity contribution in [2.24, 2.45) is 5.92 Å². The number of hydrogen-bond donors (Lipinski definition) is 0. The van der Waals surface area contributed by atoms with Crippen LogP contribution in [0.4, 0.5) is 0 Å². The molecule has 2 rings (SSSR count). The number of nitrogens with zero attached hydrogens (tertiary/aromatic N) is 1. The van der Waals surface area contributed by atoms with Crippen LogP contribution >= 0.6 is 0 Å². The maximum absolute atomic E-state index is 12.9. The number of benzene rings is 1. The average Bonchev–Trinajstić information content (AvgIpc) is 2.64. The Bertz CT molecular complexity index is 522. The summed E-state index contributed by atoms with van der Waals surface area (Å²) in [5.41, 5.74) is 0. The Labute approximate surface area is 156 Å². The van der Waals surface area contributed by atoms with Crippen LogP contribution in [0.5, 0.6) is 11.5 Å². The maximum Gasteiger partial charge on any atom is 0.140 e. The fourth-order valence-corrected chi connectivity index (χ4v) is 4.15. The fourth-order valence-electron chi connectivity index (χ4n) is 2.95. The second kappa shape index (κ2) is 12.3. The highest BCUT2D eigenvalue weighted by molar-refractivity contribution is 7.82. The van der Waals surface area contributed by atoms with Crippen LogP contribution in [0.25, 0.3) is 0 Å². The average molecular weight is 370 g/mol. The summed E-state index contributed by atoms with van der Waals surface area (Å²) in [4.78, 5) is 0.734. The van der Waals surface area contributed by atoms with Crippen molar-refractivity contribution in [1.82, 2.24) is 4.31 Å². The molecular formula is C20H35NO3S. The highest BCUT2D eigenvalue weighted by atomic mass is 32.2. The molecule has 0 N–H and O–H groups in total. The van der Waals surface area contributed by atoms with Crippen LogP contribution in [0.2, 0.25) is 0 Å². The van der Waals surface area contributed by atoms with E-state index in [-0.39, 0.29) is 0 Å². The predicted molar refractivity (Wildman–Crippen MR) is 106 cm³/mol. The van der Waals surface area contributed by atoms with Gasteiger partial charge in [0, 0.05) is 19.7 Å². The zero-order chi connectivity index (χ0) is 18.7. The minimum atomic E-state index is -1.21. The molecule has 0 spiro atoms. The van der Waals surface area contributed by atoms with Gasteiger partial charge in [-0.15, -0.1) is 0 Å². The number of rotatable bonds is 1. The van der Waals surface area contributed by atoms with E-state index in [1.165, 1.54) is 32.1 Å². The van der Waals surface area contributed by atoms with Crippen molar-refractivity contribution in [3.63, 3.8) is 0 Å². The zero-order valence-corrected chi connectivity index (χ0v) is 17.4. The largest absolute Gasteiger partial charge is 0.497 e. The molecule has 0 aromatic heterocycles. The van der Waals surface area contributed by atoms with Gasteiger partial charge in [0.2, 0.25) is 0 Å². The summed E-state index contributed by atoms with van der Waals surface area (Å²) in [7, 11) is 2.35. The first kappa shape index (κ1) is 22.0. The van der Waals surface area contributed by atoms with E-state index in [0.29, 0.717) is 18.3 Å². The fraction of sp³-hybridized carbons (Fsp3) is 0.700. The Morgan fingerprint density at radius 2 is 1.84 bits per heavy atom. The van der Waals surface area contributed by atoms with Gasteiger partial charge in [0.25, 0.3) is 0 Å². The van der Waals surface area contributed by atoms with Crippen molar-refractivity contribution in [1.29, 1.82) is 0 Å². The van der Waals surface area contributed by atoms with Crippen LogP contribution in [0.1, 0.15) is 59.3 Å². The highest BCUT2D eigenvalue weighted by Gasteiger charge is 2.19. The molecule has 1 aromatic rings. The summed E-state index contributed by atoms with van der Waals surface area (Å²) >= 11 is 0. The van der Waals surface area contributed by atoms with E-state index in [1.54, 1.807) is 7.11 Å². The van der Waals surface area contributed by atoms with Gasteiger partial charge in [-0.1, -0.05) is 46.5 Å². The van der Waals surface area contributed by atoms with Crippen LogP contribution in [-0.2, 0) is 11.0 Å². The number of fused-ring (bicyclic) bond motifs is 1. The zero-order valence-electron chi connectivity index (χ0n) is 16.5. The molecular weight excluding hydrogens is 334 g/mol. The lowest BCUT2D eigenvalue weighted by Crippen LogP contribution is -2.27. The van der Waals surface area contributed by atoms with Crippen molar-refractivity contribution >= 4 is 11.0 Å². The molecule has 0 saturated carbocycles. The molecule has 5 heteroatoms. The summed E-state index contributed by atoms with van der Waals surface area (Å²) in [5, 5.41) is 0. The van der Waals surface area contributed by atoms with Crippen LogP contribution < -0.4 is 9.47 Å². The first-order valence-corrected chi connectivity index (χ1v) is 10.7. The topological polar surface area (TPSA) is 38.8 Å². The lowest BCUT2D eigenvalue weighted by molar-refractivity contribution is 0.292.